The van der Waals surface area contributed by atoms with Crippen LogP contribution in [-0.2, 0) is 22.5 Å². The number of aromatic amines is 1. The van der Waals surface area contributed by atoms with Gasteiger partial charge in [-0.1, -0.05) is 11.6 Å². The van der Waals surface area contributed by atoms with Crippen molar-refractivity contribution in [2.24, 2.45) is 16.8 Å². The molecule has 1 fully saturated rings. The number of aromatic nitrogens is 2. The number of halogens is 1. The first-order valence-electron chi connectivity index (χ1n) is 12.2. The van der Waals surface area contributed by atoms with Crippen molar-refractivity contribution >= 4 is 57.7 Å². The largest absolute Gasteiger partial charge is 0.742 e. The molecule has 1 saturated carbocycles. The second-order valence-electron chi connectivity index (χ2n) is 9.57. The predicted octanol–water partition coefficient (Wildman–Crippen LogP) is 3.94. The third-order valence-corrected chi connectivity index (χ3v) is 8.30. The fraction of sp³-hybridized carbons (Fsp3) is 0.440. The van der Waals surface area contributed by atoms with Gasteiger partial charge in [0.05, 0.1) is 18.7 Å². The van der Waals surface area contributed by atoms with Gasteiger partial charge in [0.15, 0.2) is 5.01 Å². The molecule has 196 valence electrons. The summed E-state index contributed by atoms with van der Waals surface area (Å²) < 4.78 is 4.94. The number of thiazole rings is 1. The third kappa shape index (κ3) is 5.70. The monoisotopic (exact) mass is 543 g/mol. The van der Waals surface area contributed by atoms with E-state index in [1.54, 1.807) is 30.5 Å². The first-order chi connectivity index (χ1) is 17.8. The van der Waals surface area contributed by atoms with Crippen LogP contribution in [0.4, 0.5) is 5.82 Å². The highest BCUT2D eigenvalue weighted by molar-refractivity contribution is 7.13. The molecule has 0 bridgehead atoms. The number of amides is 1. The molecule has 1 amide bonds. The number of fused-ring (bicyclic) bond motifs is 2. The first-order valence-corrected chi connectivity index (χ1v) is 13.4. The van der Waals surface area contributed by atoms with Gasteiger partial charge in [0.1, 0.15) is 5.82 Å². The number of hydrogen-bond acceptors (Lipinski definition) is 9. The van der Waals surface area contributed by atoms with Gasteiger partial charge in [-0.25, -0.2) is 15.4 Å². The van der Waals surface area contributed by atoms with Gasteiger partial charge in [0.2, 0.25) is 0 Å². The van der Waals surface area contributed by atoms with Gasteiger partial charge < -0.3 is 25.0 Å². The molecule has 2 aromatic heterocycles. The van der Waals surface area contributed by atoms with Crippen LogP contribution in [0.5, 0.6) is 0 Å². The molecule has 0 radical (unpaired) electrons. The summed E-state index contributed by atoms with van der Waals surface area (Å²) in [4.78, 5) is 40.2. The van der Waals surface area contributed by atoms with Gasteiger partial charge in [-0.3, -0.25) is 9.59 Å². The number of benzene rings is 1. The maximum Gasteiger partial charge on any atom is 0.308 e. The summed E-state index contributed by atoms with van der Waals surface area (Å²) in [5.41, 5.74) is 4.71. The highest BCUT2D eigenvalue weighted by atomic mass is 35.5. The van der Waals surface area contributed by atoms with Crippen LogP contribution < -0.4 is 10.6 Å². The van der Waals surface area contributed by atoms with Gasteiger partial charge in [-0.05, 0) is 50.6 Å². The molecule has 0 spiro atoms. The van der Waals surface area contributed by atoms with Gasteiger partial charge in [0.25, 0.3) is 0 Å². The van der Waals surface area contributed by atoms with Crippen LogP contribution >= 0.6 is 22.9 Å². The Hall–Kier alpha value is -2.83. The van der Waals surface area contributed by atoms with Crippen molar-refractivity contribution in [2.75, 3.05) is 25.9 Å². The lowest BCUT2D eigenvalue weighted by Gasteiger charge is -2.40. The Morgan fingerprint density at radius 2 is 2.22 bits per heavy atom. The number of nitrogens with zero attached hydrogens (tertiary/aromatic N) is 4. The molecule has 3 heterocycles. The van der Waals surface area contributed by atoms with E-state index < -0.39 is 6.04 Å². The van der Waals surface area contributed by atoms with Crippen LogP contribution in [0.3, 0.4) is 0 Å². The van der Waals surface area contributed by atoms with Gasteiger partial charge in [-0.15, -0.1) is 11.3 Å². The highest BCUT2D eigenvalue weighted by Gasteiger charge is 2.34. The lowest BCUT2D eigenvalue weighted by Crippen LogP contribution is -2.50. The minimum atomic E-state index is -0.431. The van der Waals surface area contributed by atoms with E-state index in [1.165, 1.54) is 18.4 Å². The van der Waals surface area contributed by atoms with Crippen LogP contribution in [0.15, 0.2) is 29.3 Å². The van der Waals surface area contributed by atoms with Crippen molar-refractivity contribution in [2.45, 2.75) is 38.3 Å². The Balaban J connectivity index is 1.32. The molecular formula is C25H28ClN6O4S-. The molecule has 10 nitrogen and oxygen atoms in total. The topological polar surface area (TPSA) is 126 Å². The van der Waals surface area contributed by atoms with Crippen molar-refractivity contribution in [1.82, 2.24) is 20.3 Å². The van der Waals surface area contributed by atoms with E-state index in [2.05, 4.69) is 25.3 Å². The van der Waals surface area contributed by atoms with Crippen molar-refractivity contribution < 1.29 is 14.3 Å². The smallest absolute Gasteiger partial charge is 0.308 e. The molecule has 1 unspecified atom stereocenters. The number of anilines is 1. The predicted molar refractivity (Wildman–Crippen MR) is 144 cm³/mol. The molecule has 37 heavy (non-hydrogen) atoms. The van der Waals surface area contributed by atoms with Crippen molar-refractivity contribution in [1.29, 1.82) is 0 Å². The summed E-state index contributed by atoms with van der Waals surface area (Å²) in [5.74, 6) is -0.972. The standard InChI is InChI=1S/C25H28ClN6O4S/c1-31-8-7-19-21(13-31)37-24(29-19)23(33)27-12-15-4-3-14(25(34)36-2)10-20(15)30-32(35)22-11-16-9-17(26)5-6-18(16)28-22/h5-6,9,11-12,14-15,20,28,30H,3-4,7-8,10,13H2,1-2H3/q-1/t14-,15?,20-/m0/s1. The van der Waals surface area contributed by atoms with Crippen LogP contribution in [0.1, 0.15) is 39.6 Å². The zero-order valence-corrected chi connectivity index (χ0v) is 22.1. The Morgan fingerprint density at radius 3 is 3.03 bits per heavy atom. The van der Waals surface area contributed by atoms with Gasteiger partial charge >= 0.3 is 11.9 Å². The summed E-state index contributed by atoms with van der Waals surface area (Å²) in [6, 6.07) is 6.60. The SMILES string of the molecule is COC(=O)[C@H]1CCC(C=NC(=O)c2nc3c(s2)CN(C)CC3)[C@@H](NN([O-])c2cc3cc(Cl)ccc3[nH]2)C1. The minimum absolute atomic E-state index is 0.235. The molecule has 0 saturated heterocycles. The normalized spacial score (nSPS) is 22.3. The number of aliphatic imine (C=N–C) groups is 1. The fourth-order valence-electron chi connectivity index (χ4n) is 4.95. The molecule has 2 N–H and O–H groups in total. The number of rotatable bonds is 6. The van der Waals surface area contributed by atoms with E-state index in [0.717, 1.165) is 41.0 Å². The number of likely N-dealkylation sites (N-methyl/N-ethyl adjacent to an activating group) is 1. The van der Waals surface area contributed by atoms with E-state index in [-0.39, 0.29) is 23.7 Å². The molecule has 1 aliphatic carbocycles. The maximum absolute atomic E-state index is 13.1. The number of carbonyl (C=O) groups is 2. The van der Waals surface area contributed by atoms with E-state index in [0.29, 0.717) is 40.3 Å². The molecule has 3 atom stereocenters. The maximum atomic E-state index is 13.1. The third-order valence-electron chi connectivity index (χ3n) is 7.00. The molecule has 5 rings (SSSR count). The van der Waals surface area contributed by atoms with Crippen LogP contribution in [0.25, 0.3) is 10.9 Å². The molecule has 12 heteroatoms. The average molecular weight is 544 g/mol. The van der Waals surface area contributed by atoms with E-state index >= 15 is 0 Å². The summed E-state index contributed by atoms with van der Waals surface area (Å²) in [5, 5.41) is 15.5. The minimum Gasteiger partial charge on any atom is -0.742 e. The lowest BCUT2D eigenvalue weighted by molar-refractivity contribution is -0.147. The first kappa shape index (κ1) is 25.8. The number of methoxy groups -OCH3 is 1. The number of ether oxygens (including phenoxy) is 1. The van der Waals surface area contributed by atoms with Crippen molar-refractivity contribution in [3.63, 3.8) is 0 Å². The number of hydrogen-bond donors (Lipinski definition) is 2. The number of esters is 1. The average Bonchev–Trinajstić information content (AvgIpc) is 3.51. The molecule has 1 aromatic carbocycles. The summed E-state index contributed by atoms with van der Waals surface area (Å²) >= 11 is 7.46. The fourth-order valence-corrected chi connectivity index (χ4v) is 6.21. The zero-order valence-electron chi connectivity index (χ0n) is 20.6. The highest BCUT2D eigenvalue weighted by Crippen LogP contribution is 2.31. The van der Waals surface area contributed by atoms with Gasteiger partial charge in [0, 0.05) is 58.5 Å². The summed E-state index contributed by atoms with van der Waals surface area (Å²) in [6.45, 7) is 1.70. The second kappa shape index (κ2) is 10.9. The molecule has 1 aliphatic heterocycles. The molecular weight excluding hydrogens is 516 g/mol. The molecule has 3 aromatic rings. The number of carbonyl (C=O) groups excluding carboxylic acids is 2. The quantitative estimate of drug-likeness (QED) is 0.272. The number of hydrazine groups is 1. The Labute approximate surface area is 223 Å². The van der Waals surface area contributed by atoms with Crippen LogP contribution in [0, 0.1) is 17.0 Å². The lowest BCUT2D eigenvalue weighted by atomic mass is 9.79. The van der Waals surface area contributed by atoms with Gasteiger partial charge in [-0.2, -0.15) is 0 Å². The van der Waals surface area contributed by atoms with E-state index in [1.807, 2.05) is 7.05 Å². The number of H-pyrrole nitrogens is 1. The summed E-state index contributed by atoms with van der Waals surface area (Å²) in [7, 11) is 3.41. The van der Waals surface area contributed by atoms with E-state index in [4.69, 9.17) is 16.3 Å². The van der Waals surface area contributed by atoms with Crippen molar-refractivity contribution in [3.8, 4) is 0 Å². The van der Waals surface area contributed by atoms with Crippen molar-refractivity contribution in [3.05, 3.63) is 50.1 Å². The Morgan fingerprint density at radius 1 is 1.38 bits per heavy atom. The summed E-state index contributed by atoms with van der Waals surface area (Å²) in [6.07, 6.45) is 3.95. The molecule has 2 aliphatic rings. The number of nitrogens with one attached hydrogen (secondary N) is 2. The Bertz CT molecular complexity index is 1340. The second-order valence-corrected chi connectivity index (χ2v) is 11.1. The van der Waals surface area contributed by atoms with Crippen LogP contribution in [-0.4, -0.2) is 59.7 Å². The zero-order chi connectivity index (χ0) is 26.1. The Kier molecular flexibility index (Phi) is 7.59. The van der Waals surface area contributed by atoms with E-state index in [9.17, 15) is 14.8 Å². The van der Waals surface area contributed by atoms with Crippen LogP contribution in [0.2, 0.25) is 5.02 Å².